The number of anilines is 1. The Bertz CT molecular complexity index is 906. The van der Waals surface area contributed by atoms with E-state index < -0.39 is 22.0 Å². The van der Waals surface area contributed by atoms with Crippen LogP contribution in [0.4, 0.5) is 14.6 Å². The maximum absolute atomic E-state index is 13.2. The lowest BCUT2D eigenvalue weighted by Gasteiger charge is -2.10. The fraction of sp³-hybridized carbons (Fsp3) is 0.267. The van der Waals surface area contributed by atoms with Crippen LogP contribution in [0.15, 0.2) is 35.5 Å². The van der Waals surface area contributed by atoms with Crippen LogP contribution in [0, 0.1) is 0 Å². The van der Waals surface area contributed by atoms with E-state index >= 15 is 0 Å². The fourth-order valence-electron chi connectivity index (χ4n) is 2.03. The molecule has 0 bridgehead atoms. The molecule has 0 aliphatic heterocycles. The lowest BCUT2D eigenvalue weighted by molar-refractivity contribution is 0.110. The van der Waals surface area contributed by atoms with Gasteiger partial charge in [0.1, 0.15) is 11.5 Å². The summed E-state index contributed by atoms with van der Waals surface area (Å²) in [5, 5.41) is 6.45. The van der Waals surface area contributed by atoms with Crippen LogP contribution in [-0.2, 0) is 9.84 Å². The summed E-state index contributed by atoms with van der Waals surface area (Å²) in [4.78, 5) is 15.1. The van der Waals surface area contributed by atoms with Gasteiger partial charge in [-0.05, 0) is 19.1 Å². The maximum Gasteiger partial charge on any atom is 0.282 e. The van der Waals surface area contributed by atoms with Gasteiger partial charge >= 0.3 is 0 Å². The van der Waals surface area contributed by atoms with Gasteiger partial charge in [-0.1, -0.05) is 12.2 Å². The number of nitrogens with one attached hydrogen (secondary N) is 1. The van der Waals surface area contributed by atoms with Crippen molar-refractivity contribution in [2.24, 2.45) is 0 Å². The van der Waals surface area contributed by atoms with Gasteiger partial charge in [0.15, 0.2) is 21.1 Å². The standard InChI is InChI=1S/C15H16F2N4O3S/c1-9(2)6-19-15-11(8-22)13(14(16)17)20-21(15)10-4-5-12(18-7-10)25(3,23)24/h4-5,7-8,14,19H,1,6H2,2-3H3. The quantitative estimate of drug-likeness (QED) is 0.594. The van der Waals surface area contributed by atoms with Crippen molar-refractivity contribution in [3.05, 3.63) is 41.7 Å². The first kappa shape index (κ1) is 18.7. The van der Waals surface area contributed by atoms with E-state index in [4.69, 9.17) is 0 Å². The number of hydrogen-bond acceptors (Lipinski definition) is 6. The first-order valence-electron chi connectivity index (χ1n) is 7.06. The molecule has 0 aliphatic rings. The molecule has 0 aromatic carbocycles. The molecule has 134 valence electrons. The largest absolute Gasteiger partial charge is 0.366 e. The van der Waals surface area contributed by atoms with E-state index in [0.29, 0.717) is 11.9 Å². The predicted octanol–water partition coefficient (Wildman–Crippen LogP) is 2.41. The number of nitrogens with zero attached hydrogens (tertiary/aromatic N) is 3. The van der Waals surface area contributed by atoms with E-state index in [1.54, 1.807) is 6.92 Å². The van der Waals surface area contributed by atoms with Crippen molar-refractivity contribution in [3.8, 4) is 5.69 Å². The highest BCUT2D eigenvalue weighted by Gasteiger charge is 2.24. The lowest BCUT2D eigenvalue weighted by Crippen LogP contribution is -2.10. The molecule has 1 N–H and O–H groups in total. The van der Waals surface area contributed by atoms with E-state index in [1.165, 1.54) is 18.3 Å². The molecule has 0 saturated carbocycles. The molecule has 0 fully saturated rings. The van der Waals surface area contributed by atoms with Crippen molar-refractivity contribution in [2.45, 2.75) is 18.4 Å². The number of carbonyl (C=O) groups is 1. The van der Waals surface area contributed by atoms with Crippen LogP contribution < -0.4 is 5.32 Å². The van der Waals surface area contributed by atoms with Crippen LogP contribution in [-0.4, -0.2) is 42.3 Å². The topological polar surface area (TPSA) is 94.0 Å². The third kappa shape index (κ3) is 4.08. The minimum atomic E-state index is -3.50. The molecule has 0 saturated heterocycles. The number of pyridine rings is 1. The highest BCUT2D eigenvalue weighted by Crippen LogP contribution is 2.29. The van der Waals surface area contributed by atoms with Gasteiger partial charge in [0.2, 0.25) is 0 Å². The Morgan fingerprint density at radius 1 is 1.44 bits per heavy atom. The van der Waals surface area contributed by atoms with Crippen LogP contribution in [0.5, 0.6) is 0 Å². The molecule has 2 aromatic rings. The Kier molecular flexibility index (Phi) is 5.31. The minimum absolute atomic E-state index is 0.0576. The molecule has 10 heteroatoms. The highest BCUT2D eigenvalue weighted by molar-refractivity contribution is 7.90. The monoisotopic (exact) mass is 370 g/mol. The van der Waals surface area contributed by atoms with Crippen LogP contribution in [0.2, 0.25) is 0 Å². The van der Waals surface area contributed by atoms with E-state index in [-0.39, 0.29) is 28.6 Å². The SMILES string of the molecule is C=C(C)CNc1c(C=O)c(C(F)F)nn1-c1ccc(S(C)(=O)=O)nc1. The Labute approximate surface area is 143 Å². The first-order chi connectivity index (χ1) is 11.6. The molecule has 25 heavy (non-hydrogen) atoms. The van der Waals surface area contributed by atoms with Crippen molar-refractivity contribution in [3.63, 3.8) is 0 Å². The maximum atomic E-state index is 13.2. The van der Waals surface area contributed by atoms with E-state index in [1.807, 2.05) is 0 Å². The zero-order valence-corrected chi connectivity index (χ0v) is 14.3. The molecule has 0 amide bonds. The van der Waals surface area contributed by atoms with E-state index in [2.05, 4.69) is 22.0 Å². The first-order valence-corrected chi connectivity index (χ1v) is 8.95. The molecular formula is C15H16F2N4O3S. The molecule has 0 radical (unpaired) electrons. The molecule has 0 spiro atoms. The number of aromatic nitrogens is 3. The summed E-state index contributed by atoms with van der Waals surface area (Å²) in [6.45, 7) is 5.67. The number of hydrogen-bond donors (Lipinski definition) is 1. The molecule has 0 aliphatic carbocycles. The Balaban J connectivity index is 2.58. The zero-order valence-electron chi connectivity index (χ0n) is 13.5. The summed E-state index contributed by atoms with van der Waals surface area (Å²) in [6, 6.07) is 2.60. The van der Waals surface area contributed by atoms with Crippen molar-refractivity contribution in [2.75, 3.05) is 18.1 Å². The summed E-state index contributed by atoms with van der Waals surface area (Å²) in [6.07, 6.45) is -0.471. The summed E-state index contributed by atoms with van der Waals surface area (Å²) >= 11 is 0. The second-order valence-electron chi connectivity index (χ2n) is 5.42. The van der Waals surface area contributed by atoms with Crippen molar-refractivity contribution < 1.29 is 22.0 Å². The third-order valence-corrected chi connectivity index (χ3v) is 4.18. The summed E-state index contributed by atoms with van der Waals surface area (Å²) < 4.78 is 50.4. The van der Waals surface area contributed by atoms with Crippen LogP contribution in [0.25, 0.3) is 5.69 Å². The van der Waals surface area contributed by atoms with Crippen molar-refractivity contribution in [1.82, 2.24) is 14.8 Å². The minimum Gasteiger partial charge on any atom is -0.366 e. The average Bonchev–Trinajstić information content (AvgIpc) is 2.90. The number of sulfone groups is 1. The smallest absolute Gasteiger partial charge is 0.282 e. The molecule has 0 atom stereocenters. The molecule has 2 rings (SSSR count). The van der Waals surface area contributed by atoms with Crippen LogP contribution in [0.1, 0.15) is 29.4 Å². The van der Waals surface area contributed by atoms with Gasteiger partial charge in [0.05, 0.1) is 17.4 Å². The lowest BCUT2D eigenvalue weighted by atomic mass is 10.2. The Morgan fingerprint density at radius 3 is 2.56 bits per heavy atom. The van der Waals surface area contributed by atoms with Gasteiger partial charge in [-0.15, -0.1) is 0 Å². The zero-order chi connectivity index (χ0) is 18.8. The van der Waals surface area contributed by atoms with E-state index in [9.17, 15) is 22.0 Å². The van der Waals surface area contributed by atoms with Gasteiger partial charge < -0.3 is 5.32 Å². The summed E-state index contributed by atoms with van der Waals surface area (Å²) in [5.41, 5.74) is -0.00444. The van der Waals surface area contributed by atoms with Gasteiger partial charge in [0, 0.05) is 12.8 Å². The second kappa shape index (κ2) is 7.09. The van der Waals surface area contributed by atoms with Gasteiger partial charge in [-0.2, -0.15) is 5.10 Å². The Morgan fingerprint density at radius 2 is 2.12 bits per heavy atom. The van der Waals surface area contributed by atoms with Gasteiger partial charge in [-0.25, -0.2) is 26.9 Å². The molecule has 7 nitrogen and oxygen atoms in total. The molecule has 0 unspecified atom stereocenters. The number of aldehydes is 1. The molecule has 2 aromatic heterocycles. The molecular weight excluding hydrogens is 354 g/mol. The number of halogens is 2. The average molecular weight is 370 g/mol. The number of rotatable bonds is 7. The number of carbonyl (C=O) groups excluding carboxylic acids is 1. The molecule has 2 heterocycles. The van der Waals surface area contributed by atoms with E-state index in [0.717, 1.165) is 10.9 Å². The fourth-order valence-corrected chi connectivity index (χ4v) is 2.59. The van der Waals surface area contributed by atoms with Crippen LogP contribution in [0.3, 0.4) is 0 Å². The van der Waals surface area contributed by atoms with Crippen molar-refractivity contribution >= 4 is 21.9 Å². The Hall–Kier alpha value is -2.62. The summed E-state index contributed by atoms with van der Waals surface area (Å²) in [5.74, 6) is 0.0576. The summed E-state index contributed by atoms with van der Waals surface area (Å²) in [7, 11) is -3.50. The van der Waals surface area contributed by atoms with Crippen molar-refractivity contribution in [1.29, 1.82) is 0 Å². The third-order valence-electron chi connectivity index (χ3n) is 3.18. The van der Waals surface area contributed by atoms with Gasteiger partial charge in [-0.3, -0.25) is 4.79 Å². The van der Waals surface area contributed by atoms with Gasteiger partial charge in [0.25, 0.3) is 6.43 Å². The number of alkyl halides is 2. The second-order valence-corrected chi connectivity index (χ2v) is 7.38. The van der Waals surface area contributed by atoms with Crippen LogP contribution >= 0.6 is 0 Å². The predicted molar refractivity (Wildman–Crippen MR) is 88.1 cm³/mol. The highest BCUT2D eigenvalue weighted by atomic mass is 32.2. The normalized spacial score (nSPS) is 11.6.